The summed E-state index contributed by atoms with van der Waals surface area (Å²) >= 11 is 0. The SMILES string of the molecule is Fc1ccc(C2=NN3C(C2)c2ccccc2OC32CCN(Cc3ccccc3)CC2)cc1. The third-order valence-corrected chi connectivity index (χ3v) is 6.97. The van der Waals surface area contributed by atoms with Crippen LogP contribution < -0.4 is 4.74 Å². The molecule has 0 radical (unpaired) electrons. The van der Waals surface area contributed by atoms with Crippen LogP contribution in [-0.4, -0.2) is 34.4 Å². The fourth-order valence-corrected chi connectivity index (χ4v) is 5.28. The van der Waals surface area contributed by atoms with Gasteiger partial charge in [-0.15, -0.1) is 0 Å². The van der Waals surface area contributed by atoms with Gasteiger partial charge in [-0.2, -0.15) is 5.10 Å². The predicted octanol–water partition coefficient (Wildman–Crippen LogP) is 5.36. The minimum Gasteiger partial charge on any atom is -0.466 e. The summed E-state index contributed by atoms with van der Waals surface area (Å²) in [6.07, 6.45) is 2.59. The molecule has 0 N–H and O–H groups in total. The third kappa shape index (κ3) is 3.37. The average Bonchev–Trinajstić information content (AvgIpc) is 3.29. The first-order valence-corrected chi connectivity index (χ1v) is 11.4. The van der Waals surface area contributed by atoms with E-state index in [9.17, 15) is 4.39 Å². The van der Waals surface area contributed by atoms with Crippen LogP contribution in [0, 0.1) is 5.82 Å². The Morgan fingerprint density at radius 2 is 1.62 bits per heavy atom. The summed E-state index contributed by atoms with van der Waals surface area (Å²) in [5, 5.41) is 7.29. The van der Waals surface area contributed by atoms with Crippen LogP contribution in [0.4, 0.5) is 4.39 Å². The van der Waals surface area contributed by atoms with Gasteiger partial charge in [0.05, 0.1) is 11.8 Å². The minimum atomic E-state index is -0.437. The lowest BCUT2D eigenvalue weighted by Gasteiger charge is -2.51. The van der Waals surface area contributed by atoms with Crippen molar-refractivity contribution in [3.63, 3.8) is 0 Å². The summed E-state index contributed by atoms with van der Waals surface area (Å²) < 4.78 is 20.2. The van der Waals surface area contributed by atoms with Crippen LogP contribution in [0.15, 0.2) is 84.0 Å². The van der Waals surface area contributed by atoms with E-state index < -0.39 is 5.72 Å². The molecule has 3 heterocycles. The molecule has 3 aliphatic rings. The van der Waals surface area contributed by atoms with Gasteiger partial charge in [0.15, 0.2) is 0 Å². The highest BCUT2D eigenvalue weighted by Gasteiger charge is 2.51. The first-order chi connectivity index (χ1) is 15.7. The van der Waals surface area contributed by atoms with Crippen molar-refractivity contribution in [1.29, 1.82) is 0 Å². The van der Waals surface area contributed by atoms with E-state index in [1.807, 2.05) is 18.2 Å². The lowest BCUT2D eigenvalue weighted by atomic mass is 9.90. The summed E-state index contributed by atoms with van der Waals surface area (Å²) in [7, 11) is 0. The molecule has 3 aliphatic heterocycles. The summed E-state index contributed by atoms with van der Waals surface area (Å²) in [6.45, 7) is 2.88. The molecule has 1 unspecified atom stereocenters. The van der Waals surface area contributed by atoms with Crippen LogP contribution in [0.5, 0.6) is 5.75 Å². The molecule has 0 bridgehead atoms. The predicted molar refractivity (Wildman–Crippen MR) is 123 cm³/mol. The smallest absolute Gasteiger partial charge is 0.200 e. The van der Waals surface area contributed by atoms with E-state index in [2.05, 4.69) is 58.4 Å². The van der Waals surface area contributed by atoms with Crippen LogP contribution >= 0.6 is 0 Å². The number of hydrazone groups is 1. The molecule has 0 saturated carbocycles. The van der Waals surface area contributed by atoms with Gasteiger partial charge in [-0.25, -0.2) is 9.40 Å². The second-order valence-corrected chi connectivity index (χ2v) is 8.97. The topological polar surface area (TPSA) is 28.1 Å². The highest BCUT2D eigenvalue weighted by atomic mass is 19.1. The lowest BCUT2D eigenvalue weighted by molar-refractivity contribution is -0.150. The molecule has 3 aromatic carbocycles. The van der Waals surface area contributed by atoms with E-state index in [4.69, 9.17) is 9.84 Å². The number of fused-ring (bicyclic) bond motifs is 4. The molecule has 6 rings (SSSR count). The zero-order valence-electron chi connectivity index (χ0n) is 18.0. The van der Waals surface area contributed by atoms with Crippen molar-refractivity contribution in [2.75, 3.05) is 13.1 Å². The van der Waals surface area contributed by atoms with Crippen molar-refractivity contribution in [1.82, 2.24) is 9.91 Å². The Morgan fingerprint density at radius 1 is 0.906 bits per heavy atom. The summed E-state index contributed by atoms with van der Waals surface area (Å²) in [5.74, 6) is 0.752. The van der Waals surface area contributed by atoms with Crippen molar-refractivity contribution in [3.8, 4) is 5.75 Å². The van der Waals surface area contributed by atoms with Crippen molar-refractivity contribution >= 4 is 5.71 Å². The Morgan fingerprint density at radius 3 is 2.41 bits per heavy atom. The Balaban J connectivity index is 1.29. The van der Waals surface area contributed by atoms with Gasteiger partial charge in [0.1, 0.15) is 11.6 Å². The van der Waals surface area contributed by atoms with E-state index >= 15 is 0 Å². The van der Waals surface area contributed by atoms with Gasteiger partial charge in [0, 0.05) is 44.5 Å². The van der Waals surface area contributed by atoms with E-state index in [-0.39, 0.29) is 11.9 Å². The maximum absolute atomic E-state index is 13.5. The van der Waals surface area contributed by atoms with E-state index in [0.717, 1.165) is 55.9 Å². The quantitative estimate of drug-likeness (QED) is 0.563. The number of hydrogen-bond acceptors (Lipinski definition) is 4. The van der Waals surface area contributed by atoms with Crippen LogP contribution in [0.25, 0.3) is 0 Å². The third-order valence-electron chi connectivity index (χ3n) is 6.97. The molecule has 1 spiro atoms. The highest BCUT2D eigenvalue weighted by molar-refractivity contribution is 6.02. The van der Waals surface area contributed by atoms with Gasteiger partial charge in [0.25, 0.3) is 0 Å². The van der Waals surface area contributed by atoms with Crippen LogP contribution in [0.2, 0.25) is 0 Å². The number of likely N-dealkylation sites (tertiary alicyclic amines) is 1. The average molecular weight is 428 g/mol. The fraction of sp³-hybridized carbons (Fsp3) is 0.296. The molecule has 4 nitrogen and oxygen atoms in total. The summed E-state index contributed by atoms with van der Waals surface area (Å²) in [4.78, 5) is 2.50. The Hall–Kier alpha value is -3.18. The summed E-state index contributed by atoms with van der Waals surface area (Å²) in [6, 6.07) is 25.8. The van der Waals surface area contributed by atoms with Crippen molar-refractivity contribution < 1.29 is 9.13 Å². The van der Waals surface area contributed by atoms with E-state index in [1.165, 1.54) is 23.3 Å². The van der Waals surface area contributed by atoms with Crippen molar-refractivity contribution in [2.45, 2.75) is 37.6 Å². The number of para-hydroxylation sites is 1. The first kappa shape index (κ1) is 19.5. The number of ether oxygens (including phenoxy) is 1. The van der Waals surface area contributed by atoms with Crippen LogP contribution in [0.1, 0.15) is 42.0 Å². The van der Waals surface area contributed by atoms with Gasteiger partial charge < -0.3 is 4.74 Å². The maximum Gasteiger partial charge on any atom is 0.200 e. The second kappa shape index (κ2) is 7.75. The van der Waals surface area contributed by atoms with E-state index in [0.29, 0.717) is 0 Å². The molecule has 0 aromatic heterocycles. The number of nitrogens with zero attached hydrogens (tertiary/aromatic N) is 3. The molecule has 32 heavy (non-hydrogen) atoms. The molecule has 1 fully saturated rings. The molecular formula is C27H26FN3O. The molecule has 3 aromatic rings. The highest BCUT2D eigenvalue weighted by Crippen LogP contribution is 2.49. The van der Waals surface area contributed by atoms with Crippen molar-refractivity contribution in [3.05, 3.63) is 101 Å². The fourth-order valence-electron chi connectivity index (χ4n) is 5.28. The van der Waals surface area contributed by atoms with Crippen molar-refractivity contribution in [2.24, 2.45) is 5.10 Å². The molecule has 1 saturated heterocycles. The Labute approximate surface area is 187 Å². The number of halogens is 1. The number of hydrogen-bond donors (Lipinski definition) is 0. The molecule has 1 atom stereocenters. The number of benzene rings is 3. The molecule has 5 heteroatoms. The molecular weight excluding hydrogens is 401 g/mol. The molecule has 0 aliphatic carbocycles. The zero-order valence-corrected chi connectivity index (χ0v) is 18.0. The van der Waals surface area contributed by atoms with Gasteiger partial charge >= 0.3 is 0 Å². The number of rotatable bonds is 3. The van der Waals surface area contributed by atoms with Crippen LogP contribution in [0.3, 0.4) is 0 Å². The minimum absolute atomic E-state index is 0.153. The Kier molecular flexibility index (Phi) is 4.72. The largest absolute Gasteiger partial charge is 0.466 e. The monoisotopic (exact) mass is 427 g/mol. The first-order valence-electron chi connectivity index (χ1n) is 11.4. The molecule has 0 amide bonds. The lowest BCUT2D eigenvalue weighted by Crippen LogP contribution is -2.59. The van der Waals surface area contributed by atoms with Gasteiger partial charge in [-0.05, 0) is 29.3 Å². The van der Waals surface area contributed by atoms with Gasteiger partial charge in [-0.1, -0.05) is 60.7 Å². The standard InChI is InChI=1S/C27H26FN3O/c28-22-12-10-21(11-13-22)24-18-25-23-8-4-5-9-26(23)32-27(31(25)29-24)14-16-30(17-15-27)19-20-6-2-1-3-7-20/h1-13,25H,14-19H2. The Bertz CT molecular complexity index is 1140. The van der Waals surface area contributed by atoms with Crippen LogP contribution in [-0.2, 0) is 6.54 Å². The van der Waals surface area contributed by atoms with E-state index in [1.54, 1.807) is 0 Å². The maximum atomic E-state index is 13.5. The van der Waals surface area contributed by atoms with Gasteiger partial charge in [0.2, 0.25) is 5.72 Å². The normalized spacial score (nSPS) is 21.6. The second-order valence-electron chi connectivity index (χ2n) is 8.97. The number of piperidine rings is 1. The zero-order chi connectivity index (χ0) is 21.5. The summed E-state index contributed by atoms with van der Waals surface area (Å²) in [5.41, 5.74) is 4.07. The molecule has 162 valence electrons. The van der Waals surface area contributed by atoms with Gasteiger partial charge in [-0.3, -0.25) is 4.90 Å².